The Morgan fingerprint density at radius 3 is 1.52 bits per heavy atom. The van der Waals surface area contributed by atoms with Crippen molar-refractivity contribution in [3.63, 3.8) is 0 Å². The highest BCUT2D eigenvalue weighted by Gasteiger charge is 2.41. The van der Waals surface area contributed by atoms with Crippen molar-refractivity contribution in [1.29, 1.82) is 0 Å². The number of hydrogen-bond donors (Lipinski definition) is 2. The lowest BCUT2D eigenvalue weighted by molar-refractivity contribution is 0.0858. The second kappa shape index (κ2) is 12.9. The number of hydrogen-bond acceptors (Lipinski definition) is 6. The van der Waals surface area contributed by atoms with Gasteiger partial charge in [-0.05, 0) is 37.8 Å². The molecule has 4 N–H and O–H groups in total. The predicted molar refractivity (Wildman–Crippen MR) is 94.4 cm³/mol. The molecule has 0 aliphatic rings. The molecule has 2 unspecified atom stereocenters. The Morgan fingerprint density at radius 1 is 0.857 bits per heavy atom. The summed E-state index contributed by atoms with van der Waals surface area (Å²) in [6.07, 6.45) is 4.02. The van der Waals surface area contributed by atoms with Gasteiger partial charge in [-0.15, -0.1) is 0 Å². The lowest BCUT2D eigenvalue weighted by atomic mass is 10.2. The Hall–Kier alpha value is 0.411. The molecule has 2 atom stereocenters. The van der Waals surface area contributed by atoms with E-state index in [0.29, 0.717) is 0 Å². The van der Waals surface area contributed by atoms with Crippen molar-refractivity contribution in [2.24, 2.45) is 11.5 Å². The van der Waals surface area contributed by atoms with E-state index in [-0.39, 0.29) is 12.1 Å². The Balaban J connectivity index is 4.00. The summed E-state index contributed by atoms with van der Waals surface area (Å²) in [5, 5.41) is 0. The van der Waals surface area contributed by atoms with Crippen molar-refractivity contribution in [3.05, 3.63) is 0 Å². The molecule has 21 heavy (non-hydrogen) atoms. The van der Waals surface area contributed by atoms with Crippen LogP contribution in [-0.2, 0) is 17.1 Å². The first-order valence-electron chi connectivity index (χ1n) is 7.92. The summed E-state index contributed by atoms with van der Waals surface area (Å²) in [5.41, 5.74) is 11.8. The lowest BCUT2D eigenvalue weighted by Gasteiger charge is -2.26. The van der Waals surface area contributed by atoms with Gasteiger partial charge in [-0.1, -0.05) is 13.8 Å². The monoisotopic (exact) mass is 354 g/mol. The first-order chi connectivity index (χ1) is 10.0. The average Bonchev–Trinajstić information content (AvgIpc) is 2.53. The largest absolute Gasteiger partial charge is 0.657 e. The highest BCUT2D eigenvalue weighted by atomic mass is 28.5. The van der Waals surface area contributed by atoms with Gasteiger partial charge in [0.05, 0.1) is 0 Å². The zero-order chi connectivity index (χ0) is 16.1. The molecule has 9 heteroatoms. The van der Waals surface area contributed by atoms with Crippen molar-refractivity contribution in [1.82, 2.24) is 0 Å². The third kappa shape index (κ3) is 9.92. The number of nitrogens with two attached hydrogens (primary N) is 2. The van der Waals surface area contributed by atoms with Crippen LogP contribution in [0.5, 0.6) is 0 Å². The van der Waals surface area contributed by atoms with Crippen LogP contribution in [0.1, 0.15) is 39.5 Å². The minimum Gasteiger partial charge on any atom is -0.400 e. The molecule has 0 aliphatic heterocycles. The molecule has 0 rings (SSSR count). The minimum absolute atomic E-state index is 0.271. The van der Waals surface area contributed by atoms with Crippen LogP contribution < -0.4 is 11.5 Å². The number of rotatable bonds is 14. The third-order valence-corrected chi connectivity index (χ3v) is 10.4. The Labute approximate surface area is 135 Å². The molecular formula is C12H34N2O4Si3. The van der Waals surface area contributed by atoms with Crippen LogP contribution in [0.2, 0.25) is 12.1 Å². The molecular weight excluding hydrogens is 320 g/mol. The molecule has 6 nitrogen and oxygen atoms in total. The molecule has 0 aromatic heterocycles. The summed E-state index contributed by atoms with van der Waals surface area (Å²) in [5.74, 6) is 0. The summed E-state index contributed by atoms with van der Waals surface area (Å²) >= 11 is 0. The summed E-state index contributed by atoms with van der Waals surface area (Å²) < 4.78 is 22.7. The molecule has 0 bridgehead atoms. The molecule has 0 aromatic carbocycles. The van der Waals surface area contributed by atoms with Crippen LogP contribution in [0.25, 0.3) is 0 Å². The second-order valence-electron chi connectivity index (χ2n) is 5.23. The molecule has 128 valence electrons. The van der Waals surface area contributed by atoms with E-state index in [1.54, 1.807) is 14.2 Å². The molecule has 0 amide bonds. The normalized spacial score (nSPS) is 16.3. The molecule has 0 saturated carbocycles. The van der Waals surface area contributed by atoms with Gasteiger partial charge in [0, 0.05) is 26.3 Å². The van der Waals surface area contributed by atoms with Crippen molar-refractivity contribution < 1.29 is 17.1 Å². The van der Waals surface area contributed by atoms with E-state index in [4.69, 9.17) is 28.5 Å². The van der Waals surface area contributed by atoms with Gasteiger partial charge in [-0.25, -0.2) is 0 Å². The SMILES string of the molecule is CCC(N)CC[SiH2]O[Si](OC)(OC)O[SiH2]CCC(N)CC. The highest BCUT2D eigenvalue weighted by Crippen LogP contribution is 2.11. The molecule has 0 fully saturated rings. The maximum Gasteiger partial charge on any atom is 0.657 e. The summed E-state index contributed by atoms with van der Waals surface area (Å²) in [4.78, 5) is 0. The summed E-state index contributed by atoms with van der Waals surface area (Å²) in [6.45, 7) is 4.21. The van der Waals surface area contributed by atoms with Gasteiger partial charge in [-0.2, -0.15) is 0 Å². The van der Waals surface area contributed by atoms with Gasteiger partial charge < -0.3 is 28.5 Å². The van der Waals surface area contributed by atoms with Crippen LogP contribution in [0, 0.1) is 0 Å². The lowest BCUT2D eigenvalue weighted by Crippen LogP contribution is -2.49. The Kier molecular flexibility index (Phi) is 13.2. The fourth-order valence-electron chi connectivity index (χ4n) is 1.85. The average molecular weight is 355 g/mol. The fraction of sp³-hybridized carbons (Fsp3) is 1.00. The smallest absolute Gasteiger partial charge is 0.400 e. The zero-order valence-corrected chi connectivity index (χ0v) is 17.9. The van der Waals surface area contributed by atoms with E-state index in [9.17, 15) is 0 Å². The zero-order valence-electron chi connectivity index (χ0n) is 14.1. The van der Waals surface area contributed by atoms with Gasteiger partial charge in [0.15, 0.2) is 19.5 Å². The van der Waals surface area contributed by atoms with E-state index in [0.717, 1.165) is 37.8 Å². The van der Waals surface area contributed by atoms with Gasteiger partial charge >= 0.3 is 9.05 Å². The van der Waals surface area contributed by atoms with Crippen molar-refractivity contribution in [2.45, 2.75) is 63.7 Å². The quantitative estimate of drug-likeness (QED) is 0.337. The van der Waals surface area contributed by atoms with Gasteiger partial charge in [0.1, 0.15) is 0 Å². The Morgan fingerprint density at radius 2 is 1.24 bits per heavy atom. The van der Waals surface area contributed by atoms with E-state index < -0.39 is 28.6 Å². The molecule has 0 radical (unpaired) electrons. The van der Waals surface area contributed by atoms with Crippen LogP contribution in [0.3, 0.4) is 0 Å². The summed E-state index contributed by atoms with van der Waals surface area (Å²) in [7, 11) is -1.09. The van der Waals surface area contributed by atoms with Gasteiger partial charge in [0.2, 0.25) is 0 Å². The van der Waals surface area contributed by atoms with Gasteiger partial charge in [-0.3, -0.25) is 0 Å². The topological polar surface area (TPSA) is 89.0 Å². The highest BCUT2D eigenvalue weighted by molar-refractivity contribution is 6.64. The van der Waals surface area contributed by atoms with Crippen LogP contribution >= 0.6 is 0 Å². The predicted octanol–water partition coefficient (Wildman–Crippen LogP) is 0.00700. The van der Waals surface area contributed by atoms with Crippen LogP contribution in [0.4, 0.5) is 0 Å². The molecule has 0 heterocycles. The van der Waals surface area contributed by atoms with Crippen molar-refractivity contribution in [2.75, 3.05) is 14.2 Å². The van der Waals surface area contributed by atoms with E-state index in [2.05, 4.69) is 13.8 Å². The standard InChI is InChI=1S/C12H34N2O4Si3/c1-5-11(13)7-9-19-17-21(15-3,16-4)18-20-10-8-12(14)6-2/h11-12H,5-10,13-14,19-20H2,1-4H3. The van der Waals surface area contributed by atoms with E-state index in [1.165, 1.54) is 0 Å². The van der Waals surface area contributed by atoms with Crippen LogP contribution in [0.15, 0.2) is 0 Å². The van der Waals surface area contributed by atoms with Crippen LogP contribution in [-0.4, -0.2) is 54.9 Å². The fourth-order valence-corrected chi connectivity index (χ4v) is 9.53. The maximum absolute atomic E-state index is 5.92. The third-order valence-electron chi connectivity index (χ3n) is 3.54. The minimum atomic E-state index is -2.87. The molecule has 0 aromatic rings. The maximum atomic E-state index is 5.92. The first kappa shape index (κ1) is 21.4. The van der Waals surface area contributed by atoms with E-state index >= 15 is 0 Å². The Bertz CT molecular complexity index is 229. The van der Waals surface area contributed by atoms with E-state index in [1.807, 2.05) is 0 Å². The van der Waals surface area contributed by atoms with Crippen molar-refractivity contribution >= 4 is 28.6 Å². The van der Waals surface area contributed by atoms with Gasteiger partial charge in [0.25, 0.3) is 0 Å². The molecule has 0 saturated heterocycles. The molecule has 0 aliphatic carbocycles. The summed E-state index contributed by atoms with van der Waals surface area (Å²) in [6, 6.07) is 2.60. The first-order valence-corrected chi connectivity index (χ1v) is 12.7. The molecule has 0 spiro atoms. The van der Waals surface area contributed by atoms with Crippen molar-refractivity contribution in [3.8, 4) is 0 Å². The second-order valence-corrected chi connectivity index (χ2v) is 11.6.